The summed E-state index contributed by atoms with van der Waals surface area (Å²) in [6.07, 6.45) is 5.19. The number of rotatable bonds is 3. The molecule has 2 rings (SSSR count). The number of aromatic nitrogens is 2. The third kappa shape index (κ3) is 1.42. The van der Waals surface area contributed by atoms with E-state index in [1.165, 1.54) is 0 Å². The molecule has 0 spiro atoms. The van der Waals surface area contributed by atoms with Crippen molar-refractivity contribution in [2.45, 2.75) is 6.04 Å². The molecule has 0 fully saturated rings. The maximum absolute atomic E-state index is 11.1. The van der Waals surface area contributed by atoms with Gasteiger partial charge in [0.2, 0.25) is 0 Å². The van der Waals surface area contributed by atoms with Crippen molar-refractivity contribution in [1.82, 2.24) is 9.55 Å². The van der Waals surface area contributed by atoms with Crippen LogP contribution < -0.4 is 0 Å². The molecule has 2 aromatic heterocycles. The number of hydrogen-bond donors (Lipinski definition) is 2. The highest BCUT2D eigenvalue weighted by molar-refractivity contribution is 5.75. The van der Waals surface area contributed by atoms with Gasteiger partial charge < -0.3 is 14.7 Å². The summed E-state index contributed by atoms with van der Waals surface area (Å²) in [6, 6.07) is 6.49. The Kier molecular flexibility index (Phi) is 2.10. The van der Waals surface area contributed by atoms with Gasteiger partial charge >= 0.3 is 5.97 Å². The number of carboxylic acids is 1. The summed E-state index contributed by atoms with van der Waals surface area (Å²) in [5, 5.41) is 9.08. The van der Waals surface area contributed by atoms with Crippen LogP contribution in [0.4, 0.5) is 0 Å². The molecule has 0 saturated carbocycles. The average molecular weight is 190 g/mol. The van der Waals surface area contributed by atoms with E-state index in [2.05, 4.69) is 4.98 Å². The molecule has 2 heterocycles. The molecule has 1 atom stereocenters. The van der Waals surface area contributed by atoms with E-state index in [9.17, 15) is 4.79 Å². The highest BCUT2D eigenvalue weighted by Crippen LogP contribution is 2.16. The summed E-state index contributed by atoms with van der Waals surface area (Å²) in [6.45, 7) is 0. The van der Waals surface area contributed by atoms with Crippen molar-refractivity contribution < 1.29 is 9.90 Å². The number of aliphatic carboxylic acids is 1. The number of carboxylic acid groups (broad SMARTS) is 1. The number of hydrogen-bond acceptors (Lipinski definition) is 1. The Morgan fingerprint density at radius 1 is 1.36 bits per heavy atom. The average Bonchev–Trinajstić information content (AvgIpc) is 2.75. The Morgan fingerprint density at radius 2 is 2.07 bits per heavy atom. The van der Waals surface area contributed by atoms with Gasteiger partial charge in [0, 0.05) is 24.3 Å². The molecule has 0 aliphatic rings. The Balaban J connectivity index is 2.40. The van der Waals surface area contributed by atoms with Gasteiger partial charge in [0.15, 0.2) is 6.04 Å². The van der Waals surface area contributed by atoms with E-state index < -0.39 is 12.0 Å². The molecule has 0 aromatic carbocycles. The summed E-state index contributed by atoms with van der Waals surface area (Å²) in [5.74, 6) is -0.872. The lowest BCUT2D eigenvalue weighted by atomic mass is 10.2. The standard InChI is InChI=1S/C10H10N2O2/c13-10(14)9(8-4-3-5-11-8)12-6-1-2-7-12/h1-7,9,11H,(H,13,14). The third-order valence-corrected chi connectivity index (χ3v) is 2.08. The van der Waals surface area contributed by atoms with Gasteiger partial charge in [-0.2, -0.15) is 0 Å². The minimum absolute atomic E-state index is 0.667. The van der Waals surface area contributed by atoms with Gasteiger partial charge in [0.25, 0.3) is 0 Å². The van der Waals surface area contributed by atoms with E-state index in [0.29, 0.717) is 5.69 Å². The third-order valence-electron chi connectivity index (χ3n) is 2.08. The van der Waals surface area contributed by atoms with Crippen LogP contribution in [0.3, 0.4) is 0 Å². The van der Waals surface area contributed by atoms with E-state index in [4.69, 9.17) is 5.11 Å². The number of carbonyl (C=O) groups is 1. The molecule has 14 heavy (non-hydrogen) atoms. The Labute approximate surface area is 80.8 Å². The fraction of sp³-hybridized carbons (Fsp3) is 0.100. The van der Waals surface area contributed by atoms with Crippen LogP contribution in [0, 0.1) is 0 Å². The highest BCUT2D eigenvalue weighted by Gasteiger charge is 2.21. The molecule has 72 valence electrons. The van der Waals surface area contributed by atoms with Gasteiger partial charge in [0.05, 0.1) is 0 Å². The summed E-state index contributed by atoms with van der Waals surface area (Å²) < 4.78 is 1.65. The lowest BCUT2D eigenvalue weighted by Gasteiger charge is -2.12. The van der Waals surface area contributed by atoms with Crippen molar-refractivity contribution in [3.8, 4) is 0 Å². The van der Waals surface area contributed by atoms with Crippen molar-refractivity contribution >= 4 is 5.97 Å². The van der Waals surface area contributed by atoms with Crippen LogP contribution in [0.15, 0.2) is 42.9 Å². The maximum Gasteiger partial charge on any atom is 0.332 e. The minimum Gasteiger partial charge on any atom is -0.479 e. The Morgan fingerprint density at radius 3 is 2.57 bits per heavy atom. The predicted octanol–water partition coefficient (Wildman–Crippen LogP) is 1.49. The van der Waals surface area contributed by atoms with Crippen LogP contribution in [0.2, 0.25) is 0 Å². The molecule has 0 bridgehead atoms. The molecular formula is C10H10N2O2. The maximum atomic E-state index is 11.1. The van der Waals surface area contributed by atoms with Crippen LogP contribution >= 0.6 is 0 Å². The molecule has 1 unspecified atom stereocenters. The predicted molar refractivity (Wildman–Crippen MR) is 51.0 cm³/mol. The monoisotopic (exact) mass is 190 g/mol. The Hall–Kier alpha value is -1.97. The van der Waals surface area contributed by atoms with E-state index in [0.717, 1.165) is 0 Å². The lowest BCUT2D eigenvalue weighted by Crippen LogP contribution is -2.19. The Bertz CT molecular complexity index is 369. The quantitative estimate of drug-likeness (QED) is 0.770. The van der Waals surface area contributed by atoms with Crippen molar-refractivity contribution in [3.63, 3.8) is 0 Å². The molecule has 0 aliphatic heterocycles. The minimum atomic E-state index is -0.872. The fourth-order valence-electron chi connectivity index (χ4n) is 1.46. The molecule has 0 saturated heterocycles. The summed E-state index contributed by atoms with van der Waals surface area (Å²) in [4.78, 5) is 14.0. The number of nitrogens with zero attached hydrogens (tertiary/aromatic N) is 1. The molecular weight excluding hydrogens is 180 g/mol. The summed E-state index contributed by atoms with van der Waals surface area (Å²) >= 11 is 0. The first kappa shape index (κ1) is 8.62. The first-order chi connectivity index (χ1) is 6.79. The SMILES string of the molecule is O=C(O)C(c1ccc[nH]1)n1cccc1. The van der Waals surface area contributed by atoms with Crippen molar-refractivity contribution in [2.24, 2.45) is 0 Å². The van der Waals surface area contributed by atoms with E-state index in [1.54, 1.807) is 47.4 Å². The van der Waals surface area contributed by atoms with Gasteiger partial charge in [-0.1, -0.05) is 0 Å². The van der Waals surface area contributed by atoms with Gasteiger partial charge in [-0.25, -0.2) is 4.79 Å². The normalized spacial score (nSPS) is 12.6. The zero-order valence-electron chi connectivity index (χ0n) is 7.42. The number of nitrogens with one attached hydrogen (secondary N) is 1. The zero-order valence-corrected chi connectivity index (χ0v) is 7.42. The van der Waals surface area contributed by atoms with Gasteiger partial charge in [0.1, 0.15) is 0 Å². The molecule has 0 amide bonds. The first-order valence-corrected chi connectivity index (χ1v) is 4.27. The molecule has 4 nitrogen and oxygen atoms in total. The van der Waals surface area contributed by atoms with Crippen molar-refractivity contribution in [1.29, 1.82) is 0 Å². The van der Waals surface area contributed by atoms with E-state index in [-0.39, 0.29) is 0 Å². The summed E-state index contributed by atoms with van der Waals surface area (Å²) in [7, 11) is 0. The fourth-order valence-corrected chi connectivity index (χ4v) is 1.46. The van der Waals surface area contributed by atoms with Crippen molar-refractivity contribution in [3.05, 3.63) is 48.5 Å². The highest BCUT2D eigenvalue weighted by atomic mass is 16.4. The van der Waals surface area contributed by atoms with Gasteiger partial charge in [-0.3, -0.25) is 0 Å². The topological polar surface area (TPSA) is 58.0 Å². The first-order valence-electron chi connectivity index (χ1n) is 4.27. The van der Waals surface area contributed by atoms with Gasteiger partial charge in [-0.05, 0) is 24.3 Å². The summed E-state index contributed by atoms with van der Waals surface area (Å²) in [5.41, 5.74) is 0.675. The van der Waals surface area contributed by atoms with Crippen LogP contribution in [-0.4, -0.2) is 20.6 Å². The van der Waals surface area contributed by atoms with Crippen LogP contribution in [-0.2, 0) is 4.79 Å². The zero-order chi connectivity index (χ0) is 9.97. The second kappa shape index (κ2) is 3.41. The molecule has 0 aliphatic carbocycles. The second-order valence-corrected chi connectivity index (χ2v) is 3.00. The number of H-pyrrole nitrogens is 1. The molecule has 2 aromatic rings. The van der Waals surface area contributed by atoms with Crippen LogP contribution in [0.1, 0.15) is 11.7 Å². The van der Waals surface area contributed by atoms with Gasteiger partial charge in [-0.15, -0.1) is 0 Å². The van der Waals surface area contributed by atoms with Crippen LogP contribution in [0.5, 0.6) is 0 Å². The smallest absolute Gasteiger partial charge is 0.332 e. The number of aromatic amines is 1. The van der Waals surface area contributed by atoms with Crippen LogP contribution in [0.25, 0.3) is 0 Å². The lowest BCUT2D eigenvalue weighted by molar-refractivity contribution is -0.139. The second-order valence-electron chi connectivity index (χ2n) is 3.00. The van der Waals surface area contributed by atoms with E-state index in [1.807, 2.05) is 0 Å². The molecule has 2 N–H and O–H groups in total. The van der Waals surface area contributed by atoms with Crippen molar-refractivity contribution in [2.75, 3.05) is 0 Å². The molecule has 0 radical (unpaired) electrons. The van der Waals surface area contributed by atoms with E-state index >= 15 is 0 Å². The largest absolute Gasteiger partial charge is 0.479 e. The molecule has 4 heteroatoms.